The van der Waals surface area contributed by atoms with Crippen LogP contribution in [0.25, 0.3) is 5.69 Å². The zero-order valence-electron chi connectivity index (χ0n) is 18.7. The van der Waals surface area contributed by atoms with Crippen molar-refractivity contribution in [2.45, 2.75) is 33.0 Å². The van der Waals surface area contributed by atoms with E-state index < -0.39 is 0 Å². The van der Waals surface area contributed by atoms with Gasteiger partial charge >= 0.3 is 5.97 Å². The zero-order chi connectivity index (χ0) is 22.6. The summed E-state index contributed by atoms with van der Waals surface area (Å²) in [7, 11) is 0. The number of nitrogens with zero attached hydrogens (tertiary/aromatic N) is 5. The number of ether oxygens (including phenoxy) is 1. The van der Waals surface area contributed by atoms with Crippen LogP contribution in [0.3, 0.4) is 0 Å². The molecule has 3 aromatic heterocycles. The molecule has 1 aliphatic heterocycles. The van der Waals surface area contributed by atoms with Gasteiger partial charge in [0, 0.05) is 55.4 Å². The Morgan fingerprint density at radius 2 is 1.94 bits per heavy atom. The minimum absolute atomic E-state index is 0.335. The maximum atomic E-state index is 12.7. The van der Waals surface area contributed by atoms with Gasteiger partial charge in [0.15, 0.2) is 5.69 Å². The Morgan fingerprint density at radius 3 is 2.73 bits per heavy atom. The first-order valence-electron chi connectivity index (χ1n) is 11.3. The molecule has 4 heterocycles. The summed E-state index contributed by atoms with van der Waals surface area (Å²) in [6.45, 7) is 5.13. The van der Waals surface area contributed by atoms with Crippen LogP contribution in [0, 0.1) is 0 Å². The lowest BCUT2D eigenvalue weighted by atomic mass is 10.0. The van der Waals surface area contributed by atoms with E-state index in [1.165, 1.54) is 5.69 Å². The zero-order valence-corrected chi connectivity index (χ0v) is 18.7. The number of fused-ring (bicyclic) bond motifs is 1. The number of hydrogen-bond acceptors (Lipinski definition) is 5. The van der Waals surface area contributed by atoms with Gasteiger partial charge in [-0.05, 0) is 36.8 Å². The van der Waals surface area contributed by atoms with E-state index in [4.69, 9.17) is 9.84 Å². The summed E-state index contributed by atoms with van der Waals surface area (Å²) in [5, 5.41) is 4.70. The monoisotopic (exact) mass is 441 g/mol. The molecule has 0 N–H and O–H groups in total. The van der Waals surface area contributed by atoms with E-state index in [0.29, 0.717) is 25.4 Å². The summed E-state index contributed by atoms with van der Waals surface area (Å²) in [6, 6.07) is 18.4. The molecule has 4 aromatic rings. The molecule has 0 amide bonds. The molecule has 7 heteroatoms. The van der Waals surface area contributed by atoms with Crippen molar-refractivity contribution >= 4 is 5.97 Å². The summed E-state index contributed by atoms with van der Waals surface area (Å²) >= 11 is 0. The summed E-state index contributed by atoms with van der Waals surface area (Å²) in [4.78, 5) is 19.3. The Hall–Kier alpha value is -3.71. The van der Waals surface area contributed by atoms with Gasteiger partial charge in [0.05, 0.1) is 25.0 Å². The third kappa shape index (κ3) is 4.45. The van der Waals surface area contributed by atoms with Crippen molar-refractivity contribution in [3.05, 3.63) is 101 Å². The fourth-order valence-corrected chi connectivity index (χ4v) is 4.45. The largest absolute Gasteiger partial charge is 0.461 e. The first kappa shape index (κ1) is 21.2. The van der Waals surface area contributed by atoms with Gasteiger partial charge in [0.2, 0.25) is 0 Å². The van der Waals surface area contributed by atoms with E-state index in [9.17, 15) is 4.79 Å². The molecule has 0 saturated heterocycles. The van der Waals surface area contributed by atoms with Crippen molar-refractivity contribution in [1.82, 2.24) is 24.2 Å². The van der Waals surface area contributed by atoms with Crippen LogP contribution in [0.2, 0.25) is 0 Å². The second-order valence-corrected chi connectivity index (χ2v) is 8.18. The Balaban J connectivity index is 1.41. The predicted molar refractivity (Wildman–Crippen MR) is 125 cm³/mol. The maximum absolute atomic E-state index is 12.7. The van der Waals surface area contributed by atoms with Gasteiger partial charge in [0.1, 0.15) is 0 Å². The van der Waals surface area contributed by atoms with Gasteiger partial charge in [-0.3, -0.25) is 14.6 Å². The van der Waals surface area contributed by atoms with Crippen LogP contribution >= 0.6 is 0 Å². The number of benzene rings is 1. The minimum atomic E-state index is -0.346. The first-order chi connectivity index (χ1) is 16.2. The second-order valence-electron chi connectivity index (χ2n) is 8.18. The predicted octanol–water partition coefficient (Wildman–Crippen LogP) is 3.85. The van der Waals surface area contributed by atoms with E-state index in [1.807, 2.05) is 42.1 Å². The third-order valence-corrected chi connectivity index (χ3v) is 6.00. The molecule has 33 heavy (non-hydrogen) atoms. The first-order valence-corrected chi connectivity index (χ1v) is 11.3. The number of esters is 1. The average molecular weight is 442 g/mol. The molecule has 168 valence electrons. The lowest BCUT2D eigenvalue weighted by molar-refractivity contribution is 0.0515. The fourth-order valence-electron chi connectivity index (χ4n) is 4.45. The highest BCUT2D eigenvalue weighted by Gasteiger charge is 2.29. The Kier molecular flexibility index (Phi) is 6.04. The molecule has 7 nitrogen and oxygen atoms in total. The minimum Gasteiger partial charge on any atom is -0.461 e. The van der Waals surface area contributed by atoms with E-state index >= 15 is 0 Å². The lowest BCUT2D eigenvalue weighted by Crippen LogP contribution is -2.32. The summed E-state index contributed by atoms with van der Waals surface area (Å²) < 4.78 is 9.47. The molecule has 0 radical (unpaired) electrons. The molecule has 0 saturated carbocycles. The molecule has 0 spiro atoms. The molecule has 1 aromatic carbocycles. The molecule has 1 aliphatic rings. The number of carbonyl (C=O) groups excluding carboxylic acids is 1. The van der Waals surface area contributed by atoms with Crippen molar-refractivity contribution in [2.75, 3.05) is 13.2 Å². The highest BCUT2D eigenvalue weighted by atomic mass is 16.5. The number of pyridine rings is 1. The van der Waals surface area contributed by atoms with Crippen LogP contribution in [0.1, 0.15) is 39.9 Å². The highest BCUT2D eigenvalue weighted by molar-refractivity contribution is 5.89. The van der Waals surface area contributed by atoms with Crippen molar-refractivity contribution < 1.29 is 9.53 Å². The SMILES string of the molecule is CCOC(=O)c1nn(Cc2ccccc2)c2c1CN(Cc1cccn1-c1cccnc1)CC2. The van der Waals surface area contributed by atoms with E-state index in [-0.39, 0.29) is 5.97 Å². The maximum Gasteiger partial charge on any atom is 0.359 e. The number of hydrogen-bond donors (Lipinski definition) is 0. The molecule has 0 aliphatic carbocycles. The Labute approximate surface area is 193 Å². The molecule has 0 fully saturated rings. The quantitative estimate of drug-likeness (QED) is 0.408. The van der Waals surface area contributed by atoms with Crippen LogP contribution in [0.15, 0.2) is 73.2 Å². The van der Waals surface area contributed by atoms with Crippen LogP contribution < -0.4 is 0 Å². The molecule has 0 unspecified atom stereocenters. The van der Waals surface area contributed by atoms with Gasteiger partial charge in [0.25, 0.3) is 0 Å². The lowest BCUT2D eigenvalue weighted by Gasteiger charge is -2.28. The molecule has 5 rings (SSSR count). The Bertz CT molecular complexity index is 1230. The summed E-state index contributed by atoms with van der Waals surface area (Å²) in [5.74, 6) is -0.346. The van der Waals surface area contributed by atoms with E-state index in [2.05, 4.69) is 51.0 Å². The van der Waals surface area contributed by atoms with Crippen molar-refractivity contribution in [3.63, 3.8) is 0 Å². The molecular formula is C26H27N5O2. The summed E-state index contributed by atoms with van der Waals surface area (Å²) in [6.07, 6.45) is 6.54. The average Bonchev–Trinajstić information content (AvgIpc) is 3.45. The van der Waals surface area contributed by atoms with Crippen LogP contribution in [-0.4, -0.2) is 43.4 Å². The van der Waals surface area contributed by atoms with Gasteiger partial charge in [-0.25, -0.2) is 4.79 Å². The highest BCUT2D eigenvalue weighted by Crippen LogP contribution is 2.26. The smallest absolute Gasteiger partial charge is 0.359 e. The van der Waals surface area contributed by atoms with Crippen molar-refractivity contribution in [2.24, 2.45) is 0 Å². The standard InChI is InChI=1S/C26H27N5O2/c1-2-33-26(32)25-23-19-29(18-22-11-7-14-30(22)21-10-6-13-27-16-21)15-12-24(23)31(28-25)17-20-8-4-3-5-9-20/h3-11,13-14,16H,2,12,15,17-19H2,1H3. The number of aromatic nitrogens is 4. The van der Waals surface area contributed by atoms with Gasteiger partial charge in [-0.2, -0.15) is 5.10 Å². The van der Waals surface area contributed by atoms with Crippen LogP contribution in [-0.2, 0) is 30.8 Å². The summed E-state index contributed by atoms with van der Waals surface area (Å²) in [5.41, 5.74) is 5.93. The fraction of sp³-hybridized carbons (Fsp3) is 0.269. The van der Waals surface area contributed by atoms with Crippen molar-refractivity contribution in [1.29, 1.82) is 0 Å². The van der Waals surface area contributed by atoms with Gasteiger partial charge in [-0.15, -0.1) is 0 Å². The van der Waals surface area contributed by atoms with E-state index in [1.54, 1.807) is 6.20 Å². The normalized spacial score (nSPS) is 13.6. The topological polar surface area (TPSA) is 65.2 Å². The number of rotatable bonds is 7. The number of carbonyl (C=O) groups is 1. The molecular weight excluding hydrogens is 414 g/mol. The molecule has 0 atom stereocenters. The van der Waals surface area contributed by atoms with Crippen LogP contribution in [0.5, 0.6) is 0 Å². The Morgan fingerprint density at radius 1 is 1.06 bits per heavy atom. The molecule has 0 bridgehead atoms. The van der Waals surface area contributed by atoms with Crippen LogP contribution in [0.4, 0.5) is 0 Å². The second kappa shape index (κ2) is 9.42. The van der Waals surface area contributed by atoms with Gasteiger partial charge in [-0.1, -0.05) is 30.3 Å². The van der Waals surface area contributed by atoms with Gasteiger partial charge < -0.3 is 9.30 Å². The van der Waals surface area contributed by atoms with E-state index in [0.717, 1.165) is 42.0 Å². The van der Waals surface area contributed by atoms with Crippen molar-refractivity contribution in [3.8, 4) is 5.69 Å². The third-order valence-electron chi connectivity index (χ3n) is 6.00.